The van der Waals surface area contributed by atoms with Crippen LogP contribution in [0.2, 0.25) is 0 Å². The lowest BCUT2D eigenvalue weighted by atomic mass is 10.1. The third-order valence-electron chi connectivity index (χ3n) is 2.17. The Labute approximate surface area is 116 Å². The Morgan fingerprint density at radius 2 is 1.38 bits per heavy atom. The molecule has 0 atom stereocenters. The molecule has 0 unspecified atom stereocenters. The van der Waals surface area contributed by atoms with Crippen molar-refractivity contribution in [2.45, 2.75) is 17.2 Å². The second kappa shape index (κ2) is 5.02. The molecule has 0 aliphatic rings. The van der Waals surface area contributed by atoms with Crippen LogP contribution in [0, 0.1) is 10.1 Å². The summed E-state index contributed by atoms with van der Waals surface area (Å²) in [6, 6.07) is -1.03. The molecule has 0 heterocycles. The Morgan fingerprint density at radius 1 is 1.00 bits per heavy atom. The SMILES string of the molecule is O=[N+]([O-])c1cc(C(F)(F)F)c(C(F)(F)F)cc1S(=O)(=O)Cl. The van der Waals surface area contributed by atoms with Gasteiger partial charge in [-0.15, -0.1) is 0 Å². The van der Waals surface area contributed by atoms with Crippen molar-refractivity contribution in [3.63, 3.8) is 0 Å². The van der Waals surface area contributed by atoms with Gasteiger partial charge in [0.1, 0.15) is 0 Å². The third-order valence-corrected chi connectivity index (χ3v) is 3.52. The van der Waals surface area contributed by atoms with Crippen LogP contribution >= 0.6 is 10.7 Å². The van der Waals surface area contributed by atoms with Gasteiger partial charge in [-0.3, -0.25) is 10.1 Å². The minimum absolute atomic E-state index is 0.511. The molecule has 0 saturated heterocycles. The highest BCUT2D eigenvalue weighted by molar-refractivity contribution is 8.13. The number of hydrogen-bond donors (Lipinski definition) is 0. The predicted octanol–water partition coefficient (Wildman–Crippen LogP) is 3.56. The van der Waals surface area contributed by atoms with Crippen LogP contribution in [0.15, 0.2) is 17.0 Å². The van der Waals surface area contributed by atoms with E-state index >= 15 is 0 Å². The number of nitro groups is 1. The van der Waals surface area contributed by atoms with Crippen LogP contribution in [0.25, 0.3) is 0 Å². The van der Waals surface area contributed by atoms with Crippen molar-refractivity contribution in [2.24, 2.45) is 0 Å². The Kier molecular flexibility index (Phi) is 4.18. The molecule has 0 bridgehead atoms. The first-order chi connectivity index (χ1) is 9.15. The van der Waals surface area contributed by atoms with Gasteiger partial charge in [0.15, 0.2) is 4.90 Å². The van der Waals surface area contributed by atoms with Crippen molar-refractivity contribution >= 4 is 25.4 Å². The molecule has 0 radical (unpaired) electrons. The number of benzene rings is 1. The Bertz CT molecular complexity index is 696. The highest BCUT2D eigenvalue weighted by atomic mass is 35.7. The van der Waals surface area contributed by atoms with Crippen LogP contribution in [0.3, 0.4) is 0 Å². The molecule has 1 aromatic carbocycles. The fraction of sp³-hybridized carbons (Fsp3) is 0.250. The smallest absolute Gasteiger partial charge is 0.258 e. The number of halogens is 7. The van der Waals surface area contributed by atoms with Crippen LogP contribution in [0.1, 0.15) is 11.1 Å². The maximum Gasteiger partial charge on any atom is 0.417 e. The molecule has 0 spiro atoms. The van der Waals surface area contributed by atoms with E-state index in [1.807, 2.05) is 0 Å². The molecular formula is C8H2ClF6NO4S. The lowest BCUT2D eigenvalue weighted by Crippen LogP contribution is -2.18. The second-order valence-electron chi connectivity index (χ2n) is 3.56. The van der Waals surface area contributed by atoms with Crippen LogP contribution in [-0.2, 0) is 21.4 Å². The van der Waals surface area contributed by atoms with Gasteiger partial charge in [-0.25, -0.2) is 8.42 Å². The van der Waals surface area contributed by atoms with Gasteiger partial charge in [0.2, 0.25) is 0 Å². The van der Waals surface area contributed by atoms with Crippen LogP contribution in [0.5, 0.6) is 0 Å². The van der Waals surface area contributed by atoms with E-state index in [0.717, 1.165) is 0 Å². The molecule has 21 heavy (non-hydrogen) atoms. The van der Waals surface area contributed by atoms with Crippen molar-refractivity contribution in [1.29, 1.82) is 0 Å². The molecule has 1 rings (SSSR count). The zero-order valence-electron chi connectivity index (χ0n) is 9.29. The van der Waals surface area contributed by atoms with E-state index in [0.29, 0.717) is 0 Å². The van der Waals surface area contributed by atoms with Gasteiger partial charge in [-0.05, 0) is 6.07 Å². The average Bonchev–Trinajstić information content (AvgIpc) is 2.23. The maximum atomic E-state index is 12.6. The first kappa shape index (κ1) is 17.5. The lowest BCUT2D eigenvalue weighted by Gasteiger charge is -2.16. The van der Waals surface area contributed by atoms with Crippen LogP contribution < -0.4 is 0 Å². The molecule has 1 aromatic rings. The standard InChI is InChI=1S/C8H2ClF6NO4S/c9-21(19,20)6-2-4(8(13,14)15)3(7(10,11)12)1-5(6)16(17)18/h1-2H. The van der Waals surface area contributed by atoms with Crippen LogP contribution in [0.4, 0.5) is 32.0 Å². The van der Waals surface area contributed by atoms with E-state index in [9.17, 15) is 44.9 Å². The minimum Gasteiger partial charge on any atom is -0.258 e. The Hall–Kier alpha value is -1.56. The summed E-state index contributed by atoms with van der Waals surface area (Å²) < 4.78 is 97.4. The van der Waals surface area contributed by atoms with E-state index in [4.69, 9.17) is 10.7 Å². The summed E-state index contributed by atoms with van der Waals surface area (Å²) in [6.45, 7) is 0. The fourth-order valence-electron chi connectivity index (χ4n) is 1.38. The fourth-order valence-corrected chi connectivity index (χ4v) is 2.39. The normalized spacial score (nSPS) is 13.3. The number of rotatable bonds is 2. The van der Waals surface area contributed by atoms with Gasteiger partial charge in [0.05, 0.1) is 16.1 Å². The summed E-state index contributed by atoms with van der Waals surface area (Å²) in [5, 5.41) is 10.5. The van der Waals surface area contributed by atoms with Gasteiger partial charge in [-0.2, -0.15) is 26.3 Å². The molecule has 0 fully saturated rings. The van der Waals surface area contributed by atoms with Crippen molar-refractivity contribution in [3.05, 3.63) is 33.4 Å². The number of alkyl halides is 6. The van der Waals surface area contributed by atoms with Crippen LogP contribution in [-0.4, -0.2) is 13.3 Å². The summed E-state index contributed by atoms with van der Waals surface area (Å²) in [5.41, 5.74) is -6.48. The first-order valence-corrected chi connectivity index (χ1v) is 6.88. The maximum absolute atomic E-state index is 12.6. The average molecular weight is 358 g/mol. The van der Waals surface area contributed by atoms with E-state index in [1.165, 1.54) is 0 Å². The van der Waals surface area contributed by atoms with Crippen molar-refractivity contribution < 1.29 is 39.7 Å². The molecule has 0 N–H and O–H groups in total. The molecule has 0 amide bonds. The Balaban J connectivity index is 3.94. The zero-order chi connectivity index (χ0) is 16.8. The van der Waals surface area contributed by atoms with Gasteiger partial charge in [-0.1, -0.05) is 0 Å². The van der Waals surface area contributed by atoms with E-state index in [2.05, 4.69) is 0 Å². The highest BCUT2D eigenvalue weighted by Crippen LogP contribution is 2.44. The summed E-state index contributed by atoms with van der Waals surface area (Å²) in [4.78, 5) is 7.29. The Morgan fingerprint density at radius 3 is 1.67 bits per heavy atom. The van der Waals surface area contributed by atoms with E-state index < -0.39 is 60.2 Å². The summed E-state index contributed by atoms with van der Waals surface area (Å²) >= 11 is 0. The quantitative estimate of drug-likeness (QED) is 0.351. The number of nitrogens with zero attached hydrogens (tertiary/aromatic N) is 1. The van der Waals surface area contributed by atoms with E-state index in [-0.39, 0.29) is 0 Å². The molecule has 0 aliphatic carbocycles. The van der Waals surface area contributed by atoms with Gasteiger partial charge in [0.25, 0.3) is 14.7 Å². The number of nitro benzene ring substituents is 1. The zero-order valence-corrected chi connectivity index (χ0v) is 10.9. The first-order valence-electron chi connectivity index (χ1n) is 4.57. The van der Waals surface area contributed by atoms with Crippen molar-refractivity contribution in [1.82, 2.24) is 0 Å². The second-order valence-corrected chi connectivity index (χ2v) is 6.09. The van der Waals surface area contributed by atoms with E-state index in [1.54, 1.807) is 0 Å². The topological polar surface area (TPSA) is 77.3 Å². The van der Waals surface area contributed by atoms with Gasteiger partial charge >= 0.3 is 12.4 Å². The summed E-state index contributed by atoms with van der Waals surface area (Å²) in [7, 11) is -0.345. The monoisotopic (exact) mass is 357 g/mol. The molecule has 0 aromatic heterocycles. The molecule has 0 saturated carbocycles. The van der Waals surface area contributed by atoms with Crippen molar-refractivity contribution in [3.8, 4) is 0 Å². The van der Waals surface area contributed by atoms with Crippen molar-refractivity contribution in [2.75, 3.05) is 0 Å². The molecule has 13 heteroatoms. The highest BCUT2D eigenvalue weighted by Gasteiger charge is 2.46. The third kappa shape index (κ3) is 3.75. The van der Waals surface area contributed by atoms with Gasteiger partial charge in [0, 0.05) is 16.7 Å². The van der Waals surface area contributed by atoms with Gasteiger partial charge < -0.3 is 0 Å². The number of hydrogen-bond acceptors (Lipinski definition) is 4. The molecule has 118 valence electrons. The molecule has 5 nitrogen and oxygen atoms in total. The predicted molar refractivity (Wildman–Crippen MR) is 56.1 cm³/mol. The summed E-state index contributed by atoms with van der Waals surface area (Å²) in [6.07, 6.45) is -11.2. The molecule has 0 aliphatic heterocycles. The molecular weight excluding hydrogens is 356 g/mol. The minimum atomic E-state index is -5.59. The largest absolute Gasteiger partial charge is 0.417 e. The summed E-state index contributed by atoms with van der Waals surface area (Å²) in [5.74, 6) is 0. The lowest BCUT2D eigenvalue weighted by molar-refractivity contribution is -0.388.